The van der Waals surface area contributed by atoms with Crippen molar-refractivity contribution in [3.63, 3.8) is 0 Å². The van der Waals surface area contributed by atoms with Gasteiger partial charge in [-0.2, -0.15) is 0 Å². The van der Waals surface area contributed by atoms with Crippen molar-refractivity contribution in [3.05, 3.63) is 29.8 Å². The van der Waals surface area contributed by atoms with E-state index in [1.54, 1.807) is 6.92 Å². The van der Waals surface area contributed by atoms with E-state index in [9.17, 15) is 5.11 Å². The number of benzene rings is 1. The van der Waals surface area contributed by atoms with E-state index in [0.29, 0.717) is 13.2 Å². The molecule has 96 valence electrons. The third kappa shape index (κ3) is 5.71. The van der Waals surface area contributed by atoms with Gasteiger partial charge in [0, 0.05) is 0 Å². The zero-order valence-corrected chi connectivity index (χ0v) is 11.1. The van der Waals surface area contributed by atoms with Crippen molar-refractivity contribution in [1.82, 2.24) is 0 Å². The van der Waals surface area contributed by atoms with E-state index in [2.05, 4.69) is 0 Å². The molecule has 0 saturated heterocycles. The van der Waals surface area contributed by atoms with Crippen molar-refractivity contribution in [3.8, 4) is 5.75 Å². The van der Waals surface area contributed by atoms with Gasteiger partial charge in [-0.1, -0.05) is 12.1 Å². The molecule has 1 aromatic rings. The van der Waals surface area contributed by atoms with E-state index < -0.39 is 6.10 Å². The summed E-state index contributed by atoms with van der Waals surface area (Å²) in [6.45, 7) is 8.90. The predicted molar refractivity (Wildman–Crippen MR) is 68.3 cm³/mol. The Balaban J connectivity index is 2.33. The molecule has 0 aliphatic rings. The highest BCUT2D eigenvalue weighted by Gasteiger charge is 2.09. The second-order valence-electron chi connectivity index (χ2n) is 5.05. The molecular weight excluding hydrogens is 216 g/mol. The molecule has 0 fully saturated rings. The molecule has 1 atom stereocenters. The lowest BCUT2D eigenvalue weighted by Gasteiger charge is -2.19. The number of rotatable bonds is 5. The van der Waals surface area contributed by atoms with Gasteiger partial charge < -0.3 is 14.6 Å². The Kier molecular flexibility index (Phi) is 4.97. The normalized spacial score (nSPS) is 13.5. The third-order valence-electron chi connectivity index (χ3n) is 2.25. The molecular formula is C14H22O3. The highest BCUT2D eigenvalue weighted by Crippen LogP contribution is 2.17. The maximum Gasteiger partial charge on any atom is 0.119 e. The lowest BCUT2D eigenvalue weighted by Crippen LogP contribution is -2.22. The van der Waals surface area contributed by atoms with E-state index >= 15 is 0 Å². The van der Waals surface area contributed by atoms with Crippen LogP contribution in [-0.4, -0.2) is 23.9 Å². The maximum absolute atomic E-state index is 9.36. The number of ether oxygens (including phenoxy) is 2. The van der Waals surface area contributed by atoms with Crippen LogP contribution < -0.4 is 4.74 Å². The fraction of sp³-hybridized carbons (Fsp3) is 0.571. The van der Waals surface area contributed by atoms with Gasteiger partial charge in [0.05, 0.1) is 18.3 Å². The molecule has 0 heterocycles. The first kappa shape index (κ1) is 14.0. The summed E-state index contributed by atoms with van der Waals surface area (Å²) in [4.78, 5) is 0. The van der Waals surface area contributed by atoms with E-state index in [1.165, 1.54) is 0 Å². The molecule has 0 aromatic heterocycles. The summed E-state index contributed by atoms with van der Waals surface area (Å²) in [5.74, 6) is 0.798. The van der Waals surface area contributed by atoms with E-state index in [-0.39, 0.29) is 5.60 Å². The van der Waals surface area contributed by atoms with Gasteiger partial charge >= 0.3 is 0 Å². The minimum atomic E-state index is -0.437. The standard InChI is InChI=1S/C14H22O3/c1-11(15)12-5-7-13(8-6-12)16-9-10-17-14(2,3)4/h5-8,11,15H,9-10H2,1-4H3/t11-/m0/s1. The van der Waals surface area contributed by atoms with E-state index in [0.717, 1.165) is 11.3 Å². The number of aliphatic hydroxyl groups excluding tert-OH is 1. The van der Waals surface area contributed by atoms with Crippen LogP contribution in [0.4, 0.5) is 0 Å². The average Bonchev–Trinajstić information content (AvgIpc) is 2.24. The van der Waals surface area contributed by atoms with Crippen LogP contribution in [0.1, 0.15) is 39.4 Å². The van der Waals surface area contributed by atoms with Crippen molar-refractivity contribution < 1.29 is 14.6 Å². The second-order valence-corrected chi connectivity index (χ2v) is 5.05. The molecule has 1 rings (SSSR count). The Bertz CT molecular complexity index is 322. The van der Waals surface area contributed by atoms with Crippen LogP contribution in [0.15, 0.2) is 24.3 Å². The zero-order chi connectivity index (χ0) is 12.9. The maximum atomic E-state index is 9.36. The lowest BCUT2D eigenvalue weighted by atomic mass is 10.1. The van der Waals surface area contributed by atoms with Gasteiger partial charge in [0.25, 0.3) is 0 Å². The molecule has 1 N–H and O–H groups in total. The minimum Gasteiger partial charge on any atom is -0.491 e. The Morgan fingerprint density at radius 3 is 2.18 bits per heavy atom. The molecule has 0 spiro atoms. The van der Waals surface area contributed by atoms with Crippen LogP contribution in [0.2, 0.25) is 0 Å². The first-order valence-corrected chi connectivity index (χ1v) is 5.93. The van der Waals surface area contributed by atoms with E-state index in [1.807, 2.05) is 45.0 Å². The highest BCUT2D eigenvalue weighted by atomic mass is 16.5. The fourth-order valence-electron chi connectivity index (χ4n) is 1.35. The van der Waals surface area contributed by atoms with Gasteiger partial charge in [0.1, 0.15) is 12.4 Å². The van der Waals surface area contributed by atoms with Gasteiger partial charge in [0.2, 0.25) is 0 Å². The Morgan fingerprint density at radius 1 is 1.12 bits per heavy atom. The first-order valence-electron chi connectivity index (χ1n) is 5.93. The highest BCUT2D eigenvalue weighted by molar-refractivity contribution is 5.28. The summed E-state index contributed by atoms with van der Waals surface area (Å²) in [7, 11) is 0. The van der Waals surface area contributed by atoms with Gasteiger partial charge in [-0.15, -0.1) is 0 Å². The minimum absolute atomic E-state index is 0.125. The Labute approximate surface area is 103 Å². The Morgan fingerprint density at radius 2 is 1.71 bits per heavy atom. The second kappa shape index (κ2) is 6.03. The van der Waals surface area contributed by atoms with Crippen molar-refractivity contribution in [2.75, 3.05) is 13.2 Å². The molecule has 0 radical (unpaired) electrons. The molecule has 1 aromatic carbocycles. The zero-order valence-electron chi connectivity index (χ0n) is 11.1. The number of hydrogen-bond donors (Lipinski definition) is 1. The molecule has 0 bridgehead atoms. The van der Waals surface area contributed by atoms with Crippen LogP contribution in [0.5, 0.6) is 5.75 Å². The van der Waals surface area contributed by atoms with Crippen LogP contribution in [0, 0.1) is 0 Å². The van der Waals surface area contributed by atoms with Crippen molar-refractivity contribution >= 4 is 0 Å². The first-order chi connectivity index (χ1) is 7.88. The van der Waals surface area contributed by atoms with Crippen LogP contribution in [0.25, 0.3) is 0 Å². The number of hydrogen-bond acceptors (Lipinski definition) is 3. The van der Waals surface area contributed by atoms with Crippen molar-refractivity contribution in [1.29, 1.82) is 0 Å². The summed E-state index contributed by atoms with van der Waals surface area (Å²) in [6.07, 6.45) is -0.437. The average molecular weight is 238 g/mol. The molecule has 3 heteroatoms. The smallest absolute Gasteiger partial charge is 0.119 e. The monoisotopic (exact) mass is 238 g/mol. The van der Waals surface area contributed by atoms with Gasteiger partial charge in [-0.05, 0) is 45.4 Å². The molecule has 0 saturated carbocycles. The van der Waals surface area contributed by atoms with Crippen molar-refractivity contribution in [2.45, 2.75) is 39.4 Å². The molecule has 0 amide bonds. The molecule has 3 nitrogen and oxygen atoms in total. The molecule has 0 aliphatic carbocycles. The predicted octanol–water partition coefficient (Wildman–Crippen LogP) is 2.93. The third-order valence-corrected chi connectivity index (χ3v) is 2.25. The van der Waals surface area contributed by atoms with Crippen LogP contribution >= 0.6 is 0 Å². The summed E-state index contributed by atoms with van der Waals surface area (Å²) in [5, 5.41) is 9.36. The van der Waals surface area contributed by atoms with Gasteiger partial charge in [-0.3, -0.25) is 0 Å². The summed E-state index contributed by atoms with van der Waals surface area (Å²) in [5.41, 5.74) is 0.766. The fourth-order valence-corrected chi connectivity index (χ4v) is 1.35. The van der Waals surface area contributed by atoms with E-state index in [4.69, 9.17) is 9.47 Å². The van der Waals surface area contributed by atoms with Gasteiger partial charge in [0.15, 0.2) is 0 Å². The quantitative estimate of drug-likeness (QED) is 0.802. The summed E-state index contributed by atoms with van der Waals surface area (Å²) in [6, 6.07) is 7.45. The van der Waals surface area contributed by atoms with Crippen LogP contribution in [-0.2, 0) is 4.74 Å². The van der Waals surface area contributed by atoms with Gasteiger partial charge in [-0.25, -0.2) is 0 Å². The SMILES string of the molecule is C[C@H](O)c1ccc(OCCOC(C)(C)C)cc1. The summed E-state index contributed by atoms with van der Waals surface area (Å²) >= 11 is 0. The molecule has 17 heavy (non-hydrogen) atoms. The van der Waals surface area contributed by atoms with Crippen molar-refractivity contribution in [2.24, 2.45) is 0 Å². The number of aliphatic hydroxyl groups is 1. The van der Waals surface area contributed by atoms with Crippen LogP contribution in [0.3, 0.4) is 0 Å². The summed E-state index contributed by atoms with van der Waals surface area (Å²) < 4.78 is 11.1. The lowest BCUT2D eigenvalue weighted by molar-refractivity contribution is -0.0163. The largest absolute Gasteiger partial charge is 0.491 e. The topological polar surface area (TPSA) is 38.7 Å². The molecule has 0 unspecified atom stereocenters. The molecule has 0 aliphatic heterocycles. The Hall–Kier alpha value is -1.06.